The van der Waals surface area contributed by atoms with Crippen LogP contribution in [-0.2, 0) is 6.42 Å². The van der Waals surface area contributed by atoms with Crippen LogP contribution in [0.25, 0.3) is 0 Å². The van der Waals surface area contributed by atoms with E-state index >= 15 is 0 Å². The van der Waals surface area contributed by atoms with Crippen molar-refractivity contribution >= 4 is 23.2 Å². The van der Waals surface area contributed by atoms with Crippen LogP contribution in [-0.4, -0.2) is 29.6 Å². The molecule has 0 radical (unpaired) electrons. The van der Waals surface area contributed by atoms with E-state index in [0.29, 0.717) is 23.1 Å². The number of piperidine rings is 2. The molecule has 3 rings (SSSR count). The first-order valence-electron chi connectivity index (χ1n) is 7.59. The van der Waals surface area contributed by atoms with Gasteiger partial charge < -0.3 is 5.73 Å². The number of nitrogens with two attached hydrogens (primary N) is 1. The number of nitrogens with zero attached hydrogens (tertiary/aromatic N) is 1. The highest BCUT2D eigenvalue weighted by molar-refractivity contribution is 6.35. The van der Waals surface area contributed by atoms with E-state index in [4.69, 9.17) is 28.9 Å². The number of benzene rings is 1. The van der Waals surface area contributed by atoms with Crippen LogP contribution in [0, 0.1) is 0 Å². The zero-order valence-corrected chi connectivity index (χ0v) is 13.2. The monoisotopic (exact) mass is 312 g/mol. The molecule has 4 heteroatoms. The zero-order valence-electron chi connectivity index (χ0n) is 11.7. The van der Waals surface area contributed by atoms with Crippen molar-refractivity contribution in [3.05, 3.63) is 33.8 Å². The molecule has 0 aliphatic carbocycles. The predicted octanol–water partition coefficient (Wildman–Crippen LogP) is 3.88. The molecular formula is C16H22Cl2N2. The maximum Gasteiger partial charge on any atom is 0.0453 e. The van der Waals surface area contributed by atoms with Crippen molar-refractivity contribution in [2.75, 3.05) is 6.54 Å². The first kappa shape index (κ1) is 14.6. The topological polar surface area (TPSA) is 29.3 Å². The summed E-state index contributed by atoms with van der Waals surface area (Å²) in [7, 11) is 0. The van der Waals surface area contributed by atoms with Crippen molar-refractivity contribution in [1.82, 2.24) is 4.90 Å². The van der Waals surface area contributed by atoms with Crippen LogP contribution in [0.5, 0.6) is 0 Å². The first-order chi connectivity index (χ1) is 9.63. The summed E-state index contributed by atoms with van der Waals surface area (Å²) in [5.74, 6) is 0. The molecule has 20 heavy (non-hydrogen) atoms. The van der Waals surface area contributed by atoms with Crippen molar-refractivity contribution in [3.63, 3.8) is 0 Å². The number of rotatable bonds is 3. The summed E-state index contributed by atoms with van der Waals surface area (Å²) in [4.78, 5) is 2.68. The summed E-state index contributed by atoms with van der Waals surface area (Å²) in [5.41, 5.74) is 7.37. The third kappa shape index (κ3) is 3.14. The van der Waals surface area contributed by atoms with Gasteiger partial charge in [0.15, 0.2) is 0 Å². The van der Waals surface area contributed by atoms with E-state index in [1.807, 2.05) is 12.1 Å². The molecule has 2 atom stereocenters. The van der Waals surface area contributed by atoms with Gasteiger partial charge in [0.1, 0.15) is 0 Å². The van der Waals surface area contributed by atoms with Gasteiger partial charge in [-0.2, -0.15) is 0 Å². The normalized spacial score (nSPS) is 30.4. The summed E-state index contributed by atoms with van der Waals surface area (Å²) >= 11 is 12.2. The smallest absolute Gasteiger partial charge is 0.0453 e. The SMILES string of the molecule is NC1CC2CCCC(C1)N2CCc1ccc(Cl)cc1Cl. The van der Waals surface area contributed by atoms with E-state index < -0.39 is 0 Å². The molecule has 2 saturated heterocycles. The van der Waals surface area contributed by atoms with Crippen molar-refractivity contribution in [2.45, 2.75) is 56.7 Å². The molecule has 2 aliphatic heterocycles. The molecule has 2 unspecified atom stereocenters. The molecule has 2 N–H and O–H groups in total. The number of halogens is 2. The molecule has 0 amide bonds. The average Bonchev–Trinajstić information content (AvgIpc) is 2.38. The fourth-order valence-electron chi connectivity index (χ4n) is 3.86. The van der Waals surface area contributed by atoms with Gasteiger partial charge in [0, 0.05) is 34.7 Å². The standard InChI is InChI=1S/C16H22Cl2N2/c17-12-5-4-11(16(18)8-12)6-7-20-14-2-1-3-15(20)10-13(19)9-14/h4-5,8,13-15H,1-3,6-7,9-10,19H2. The van der Waals surface area contributed by atoms with Crippen LogP contribution in [0.3, 0.4) is 0 Å². The maximum absolute atomic E-state index is 6.27. The molecule has 2 heterocycles. The lowest BCUT2D eigenvalue weighted by Gasteiger charge is -2.48. The predicted molar refractivity (Wildman–Crippen MR) is 85.5 cm³/mol. The summed E-state index contributed by atoms with van der Waals surface area (Å²) in [5, 5.41) is 1.50. The molecule has 2 nitrogen and oxygen atoms in total. The molecule has 110 valence electrons. The minimum Gasteiger partial charge on any atom is -0.328 e. The highest BCUT2D eigenvalue weighted by atomic mass is 35.5. The van der Waals surface area contributed by atoms with Gasteiger partial charge in [-0.05, 0) is 49.8 Å². The Morgan fingerprint density at radius 1 is 1.15 bits per heavy atom. The molecule has 2 fully saturated rings. The molecule has 0 spiro atoms. The summed E-state index contributed by atoms with van der Waals surface area (Å²) in [6.45, 7) is 1.09. The Balaban J connectivity index is 1.65. The quantitative estimate of drug-likeness (QED) is 0.917. The van der Waals surface area contributed by atoms with Gasteiger partial charge in [0.05, 0.1) is 0 Å². The third-order valence-electron chi connectivity index (χ3n) is 4.82. The Hall–Kier alpha value is -0.280. The van der Waals surface area contributed by atoms with Crippen molar-refractivity contribution in [1.29, 1.82) is 0 Å². The zero-order chi connectivity index (χ0) is 14.1. The van der Waals surface area contributed by atoms with E-state index in [-0.39, 0.29) is 0 Å². The highest BCUT2D eigenvalue weighted by Gasteiger charge is 2.36. The van der Waals surface area contributed by atoms with Crippen LogP contribution in [0.2, 0.25) is 10.0 Å². The second-order valence-electron chi connectivity index (χ2n) is 6.19. The van der Waals surface area contributed by atoms with Crippen molar-refractivity contribution < 1.29 is 0 Å². The number of hydrogen-bond donors (Lipinski definition) is 1. The molecule has 0 aromatic heterocycles. The molecule has 0 saturated carbocycles. The Morgan fingerprint density at radius 2 is 1.85 bits per heavy atom. The number of fused-ring (bicyclic) bond motifs is 2. The summed E-state index contributed by atoms with van der Waals surface area (Å²) < 4.78 is 0. The average molecular weight is 313 g/mol. The maximum atomic E-state index is 6.27. The molecule has 1 aromatic carbocycles. The van der Waals surface area contributed by atoms with Crippen LogP contribution >= 0.6 is 23.2 Å². The Kier molecular flexibility index (Phi) is 4.56. The fourth-order valence-corrected chi connectivity index (χ4v) is 4.36. The van der Waals surface area contributed by atoms with Gasteiger partial charge in [-0.3, -0.25) is 4.90 Å². The minimum absolute atomic E-state index is 0.403. The lowest BCUT2D eigenvalue weighted by atomic mass is 9.82. The Morgan fingerprint density at radius 3 is 2.50 bits per heavy atom. The van der Waals surface area contributed by atoms with Gasteiger partial charge >= 0.3 is 0 Å². The van der Waals surface area contributed by atoms with Crippen LogP contribution < -0.4 is 5.73 Å². The fraction of sp³-hybridized carbons (Fsp3) is 0.625. The largest absolute Gasteiger partial charge is 0.328 e. The van der Waals surface area contributed by atoms with Gasteiger partial charge in [-0.25, -0.2) is 0 Å². The van der Waals surface area contributed by atoms with E-state index in [0.717, 1.165) is 30.8 Å². The van der Waals surface area contributed by atoms with Crippen LogP contribution in [0.4, 0.5) is 0 Å². The minimum atomic E-state index is 0.403. The Bertz CT molecular complexity index is 464. The second-order valence-corrected chi connectivity index (χ2v) is 7.04. The van der Waals surface area contributed by atoms with Gasteiger partial charge in [-0.15, -0.1) is 0 Å². The molecule has 2 bridgehead atoms. The number of hydrogen-bond acceptors (Lipinski definition) is 2. The Labute approximate surface area is 131 Å². The lowest BCUT2D eigenvalue weighted by Crippen LogP contribution is -2.55. The van der Waals surface area contributed by atoms with Crippen molar-refractivity contribution in [2.24, 2.45) is 5.73 Å². The van der Waals surface area contributed by atoms with E-state index in [1.165, 1.54) is 24.8 Å². The van der Waals surface area contributed by atoms with E-state index in [1.54, 1.807) is 0 Å². The third-order valence-corrected chi connectivity index (χ3v) is 5.40. The van der Waals surface area contributed by atoms with Crippen molar-refractivity contribution in [3.8, 4) is 0 Å². The van der Waals surface area contributed by atoms with Crippen LogP contribution in [0.1, 0.15) is 37.7 Å². The molecule has 2 aliphatic rings. The lowest BCUT2D eigenvalue weighted by molar-refractivity contribution is 0.0327. The van der Waals surface area contributed by atoms with E-state index in [2.05, 4.69) is 11.0 Å². The second kappa shape index (κ2) is 6.23. The van der Waals surface area contributed by atoms with E-state index in [9.17, 15) is 0 Å². The molecular weight excluding hydrogens is 291 g/mol. The summed E-state index contributed by atoms with van der Waals surface area (Å²) in [6.07, 6.45) is 7.28. The summed E-state index contributed by atoms with van der Waals surface area (Å²) in [6, 6.07) is 7.59. The first-order valence-corrected chi connectivity index (χ1v) is 8.34. The molecule has 1 aromatic rings. The van der Waals surface area contributed by atoms with Gasteiger partial charge in [-0.1, -0.05) is 35.7 Å². The highest BCUT2D eigenvalue weighted by Crippen LogP contribution is 2.33. The van der Waals surface area contributed by atoms with Gasteiger partial charge in [0.2, 0.25) is 0 Å². The van der Waals surface area contributed by atoms with Gasteiger partial charge in [0.25, 0.3) is 0 Å². The van der Waals surface area contributed by atoms with Crippen LogP contribution in [0.15, 0.2) is 18.2 Å².